The maximum Gasteiger partial charge on any atom is 0.163 e. The van der Waals surface area contributed by atoms with E-state index < -0.39 is 12.7 Å². The number of ketones is 1. The topological polar surface area (TPSA) is 57.5 Å². The molecule has 0 fully saturated rings. The number of carbonyl (C=O) groups is 1. The Morgan fingerprint density at radius 2 is 1.00 bits per heavy atom. The van der Waals surface area contributed by atoms with Gasteiger partial charge in [-0.15, -0.1) is 0 Å². The average Bonchev–Trinajstić information content (AvgIpc) is 2.60. The highest BCUT2D eigenvalue weighted by Gasteiger charge is 2.12. The van der Waals surface area contributed by atoms with Crippen molar-refractivity contribution in [3.8, 4) is 0 Å². The smallest absolute Gasteiger partial charge is 0.163 e. The first-order chi connectivity index (χ1) is 11.7. The summed E-state index contributed by atoms with van der Waals surface area (Å²) in [6.45, 7) is 1.82. The molecule has 1 atom stereocenters. The quantitative estimate of drug-likeness (QED) is 0.302. The predicted molar refractivity (Wildman–Crippen MR) is 102 cm³/mol. The average molecular weight is 343 g/mol. The fourth-order valence-corrected chi connectivity index (χ4v) is 3.12. The summed E-state index contributed by atoms with van der Waals surface area (Å²) >= 11 is 0. The zero-order valence-electron chi connectivity index (χ0n) is 16.1. The van der Waals surface area contributed by atoms with Crippen LogP contribution in [0.1, 0.15) is 116 Å². The summed E-state index contributed by atoms with van der Waals surface area (Å²) in [6.07, 6.45) is 20.3. The number of rotatable bonds is 19. The Labute approximate surface area is 150 Å². The van der Waals surface area contributed by atoms with Crippen LogP contribution in [0.15, 0.2) is 0 Å². The molecule has 24 heavy (non-hydrogen) atoms. The van der Waals surface area contributed by atoms with Crippen molar-refractivity contribution in [2.75, 3.05) is 6.61 Å². The molecule has 144 valence electrons. The van der Waals surface area contributed by atoms with Crippen LogP contribution in [0.25, 0.3) is 0 Å². The molecule has 3 heteroatoms. The first kappa shape index (κ1) is 23.6. The van der Waals surface area contributed by atoms with Crippen LogP contribution >= 0.6 is 0 Å². The van der Waals surface area contributed by atoms with Gasteiger partial charge in [-0.1, -0.05) is 103 Å². The Morgan fingerprint density at radius 3 is 1.33 bits per heavy atom. The third-order valence-electron chi connectivity index (χ3n) is 4.82. The predicted octanol–water partition coefficient (Wildman–Crippen LogP) is 5.56. The number of hydrogen-bond donors (Lipinski definition) is 2. The second-order valence-electron chi connectivity index (χ2n) is 7.22. The lowest BCUT2D eigenvalue weighted by Crippen LogP contribution is -2.23. The minimum Gasteiger partial charge on any atom is -0.393 e. The van der Waals surface area contributed by atoms with E-state index in [2.05, 4.69) is 6.92 Å². The molecule has 0 bridgehead atoms. The van der Waals surface area contributed by atoms with Crippen molar-refractivity contribution in [2.24, 2.45) is 0 Å². The van der Waals surface area contributed by atoms with Crippen molar-refractivity contribution < 1.29 is 15.0 Å². The van der Waals surface area contributed by atoms with E-state index in [1.807, 2.05) is 0 Å². The number of hydrogen-bond acceptors (Lipinski definition) is 3. The lowest BCUT2D eigenvalue weighted by Gasteiger charge is -2.06. The van der Waals surface area contributed by atoms with E-state index in [4.69, 9.17) is 10.2 Å². The van der Waals surface area contributed by atoms with Gasteiger partial charge < -0.3 is 10.2 Å². The fraction of sp³-hybridized carbons (Fsp3) is 0.952. The van der Waals surface area contributed by atoms with Crippen molar-refractivity contribution >= 4 is 5.78 Å². The third-order valence-corrected chi connectivity index (χ3v) is 4.82. The summed E-state index contributed by atoms with van der Waals surface area (Å²) < 4.78 is 0. The molecule has 0 aliphatic rings. The summed E-state index contributed by atoms with van der Waals surface area (Å²) in [5, 5.41) is 17.8. The van der Waals surface area contributed by atoms with Gasteiger partial charge in [0, 0.05) is 6.42 Å². The fourth-order valence-electron chi connectivity index (χ4n) is 3.12. The van der Waals surface area contributed by atoms with E-state index in [0.29, 0.717) is 6.42 Å². The molecule has 3 nitrogen and oxygen atoms in total. The summed E-state index contributed by atoms with van der Waals surface area (Å²) in [6, 6.07) is 0. The summed E-state index contributed by atoms with van der Waals surface area (Å²) in [5.74, 6) is -0.220. The van der Waals surface area contributed by atoms with E-state index in [1.54, 1.807) is 0 Å². The van der Waals surface area contributed by atoms with Crippen molar-refractivity contribution in [1.29, 1.82) is 0 Å². The van der Waals surface area contributed by atoms with Gasteiger partial charge in [0.15, 0.2) is 5.78 Å². The molecule has 1 unspecified atom stereocenters. The van der Waals surface area contributed by atoms with Gasteiger partial charge in [-0.25, -0.2) is 0 Å². The van der Waals surface area contributed by atoms with Gasteiger partial charge in [-0.2, -0.15) is 0 Å². The van der Waals surface area contributed by atoms with Crippen LogP contribution in [0.4, 0.5) is 0 Å². The molecular weight excluding hydrogens is 300 g/mol. The monoisotopic (exact) mass is 342 g/mol. The maximum absolute atomic E-state index is 11.3. The second-order valence-corrected chi connectivity index (χ2v) is 7.22. The zero-order valence-corrected chi connectivity index (χ0v) is 16.1. The molecule has 0 heterocycles. The normalized spacial score (nSPS) is 12.5. The van der Waals surface area contributed by atoms with Gasteiger partial charge in [0.2, 0.25) is 0 Å². The Bertz CT molecular complexity index is 266. The van der Waals surface area contributed by atoms with Crippen LogP contribution in [0, 0.1) is 0 Å². The van der Waals surface area contributed by atoms with Gasteiger partial charge in [-0.3, -0.25) is 4.79 Å². The first-order valence-corrected chi connectivity index (χ1v) is 10.5. The highest BCUT2D eigenvalue weighted by atomic mass is 16.3. The first-order valence-electron chi connectivity index (χ1n) is 10.5. The largest absolute Gasteiger partial charge is 0.393 e. The summed E-state index contributed by atoms with van der Waals surface area (Å²) in [7, 11) is 0. The van der Waals surface area contributed by atoms with Crippen molar-refractivity contribution in [3.05, 3.63) is 0 Å². The molecule has 0 aromatic carbocycles. The lowest BCUT2D eigenvalue weighted by molar-refractivity contribution is -0.129. The van der Waals surface area contributed by atoms with Crippen molar-refractivity contribution in [2.45, 2.75) is 122 Å². The Kier molecular flexibility index (Phi) is 18.6. The van der Waals surface area contributed by atoms with E-state index in [0.717, 1.165) is 12.8 Å². The molecule has 0 aliphatic heterocycles. The molecular formula is C21H42O3. The molecule has 0 spiro atoms. The molecule has 0 saturated heterocycles. The van der Waals surface area contributed by atoms with Gasteiger partial charge in [-0.05, 0) is 6.42 Å². The number of aliphatic hydroxyl groups excluding tert-OH is 2. The second kappa shape index (κ2) is 18.9. The van der Waals surface area contributed by atoms with Gasteiger partial charge in [0.05, 0.1) is 6.61 Å². The van der Waals surface area contributed by atoms with Crippen LogP contribution in [0.3, 0.4) is 0 Å². The zero-order chi connectivity index (χ0) is 17.9. The molecule has 0 amide bonds. The van der Waals surface area contributed by atoms with Crippen molar-refractivity contribution in [1.82, 2.24) is 0 Å². The van der Waals surface area contributed by atoms with E-state index in [1.165, 1.54) is 89.9 Å². The minimum absolute atomic E-state index is 0.220. The van der Waals surface area contributed by atoms with Crippen molar-refractivity contribution in [3.63, 3.8) is 0 Å². The minimum atomic E-state index is -1.17. The highest BCUT2D eigenvalue weighted by molar-refractivity contribution is 5.82. The molecule has 0 aromatic rings. The van der Waals surface area contributed by atoms with Crippen LogP contribution in [0.5, 0.6) is 0 Å². The molecule has 0 rings (SSSR count). The number of Topliss-reactive ketones (excluding diaryl/α,β-unsaturated/α-hetero) is 1. The van der Waals surface area contributed by atoms with Crippen LogP contribution in [-0.2, 0) is 4.79 Å². The number of unbranched alkanes of at least 4 members (excludes halogenated alkanes) is 15. The molecule has 0 aromatic heterocycles. The van der Waals surface area contributed by atoms with Gasteiger partial charge in [0.1, 0.15) is 6.10 Å². The maximum atomic E-state index is 11.3. The molecule has 0 radical (unpaired) electrons. The molecule has 0 aliphatic carbocycles. The van der Waals surface area contributed by atoms with Crippen LogP contribution in [0.2, 0.25) is 0 Å². The standard InChI is InChI=1S/C21H42O3/c1-2-3-4-5-6-7-8-9-10-11-12-13-14-15-16-17-18-20(23)21(24)19-22/h21-22,24H,2-19H2,1H3. The molecule has 0 saturated carbocycles. The Hall–Kier alpha value is -0.410. The van der Waals surface area contributed by atoms with Crippen LogP contribution in [-0.4, -0.2) is 28.7 Å². The number of aliphatic hydroxyl groups is 2. The van der Waals surface area contributed by atoms with Gasteiger partial charge in [0.25, 0.3) is 0 Å². The van der Waals surface area contributed by atoms with E-state index in [9.17, 15) is 4.79 Å². The van der Waals surface area contributed by atoms with Gasteiger partial charge >= 0.3 is 0 Å². The Balaban J connectivity index is 3.09. The SMILES string of the molecule is CCCCCCCCCCCCCCCCCCC(=O)C(O)CO. The Morgan fingerprint density at radius 1 is 0.667 bits per heavy atom. The summed E-state index contributed by atoms with van der Waals surface area (Å²) in [4.78, 5) is 11.3. The van der Waals surface area contributed by atoms with E-state index in [-0.39, 0.29) is 5.78 Å². The molecule has 2 N–H and O–H groups in total. The van der Waals surface area contributed by atoms with E-state index >= 15 is 0 Å². The lowest BCUT2D eigenvalue weighted by atomic mass is 10.0. The number of carbonyl (C=O) groups excluding carboxylic acids is 1. The third kappa shape index (κ3) is 16.4. The van der Waals surface area contributed by atoms with Crippen LogP contribution < -0.4 is 0 Å². The summed E-state index contributed by atoms with van der Waals surface area (Å²) in [5.41, 5.74) is 0. The highest BCUT2D eigenvalue weighted by Crippen LogP contribution is 2.14.